The van der Waals surface area contributed by atoms with Gasteiger partial charge >= 0.3 is 11.9 Å². The fourth-order valence-corrected chi connectivity index (χ4v) is 6.01. The van der Waals surface area contributed by atoms with Gasteiger partial charge in [0.05, 0.1) is 23.8 Å². The van der Waals surface area contributed by atoms with Gasteiger partial charge < -0.3 is 24.3 Å². The van der Waals surface area contributed by atoms with E-state index in [0.29, 0.717) is 45.3 Å². The number of benzene rings is 3. The molecule has 1 saturated heterocycles. The van der Waals surface area contributed by atoms with E-state index in [4.69, 9.17) is 42.1 Å². The first kappa shape index (κ1) is 28.5. The summed E-state index contributed by atoms with van der Waals surface area (Å²) >= 11 is 13.1. The first-order chi connectivity index (χ1) is 20.2. The molecular formula is C31H28Cl2N2O7. The molecule has 0 aliphatic carbocycles. The molecule has 0 bridgehead atoms. The van der Waals surface area contributed by atoms with Crippen molar-refractivity contribution in [2.45, 2.75) is 25.9 Å². The topological polar surface area (TPSA) is 103 Å². The van der Waals surface area contributed by atoms with Crippen molar-refractivity contribution in [1.82, 2.24) is 10.2 Å². The number of nitrogens with zero attached hydrogens (tertiary/aromatic N) is 1. The molecule has 218 valence electrons. The minimum Gasteiger partial charge on any atom is -0.456 e. The van der Waals surface area contributed by atoms with Crippen LogP contribution in [0.2, 0.25) is 10.0 Å². The van der Waals surface area contributed by atoms with E-state index >= 15 is 0 Å². The van der Waals surface area contributed by atoms with E-state index in [2.05, 4.69) is 10.2 Å². The number of rotatable bonds is 6. The van der Waals surface area contributed by atoms with Crippen LogP contribution in [0.4, 0.5) is 0 Å². The highest BCUT2D eigenvalue weighted by molar-refractivity contribution is 6.32. The summed E-state index contributed by atoms with van der Waals surface area (Å²) in [5.74, 6) is -0.611. The predicted octanol–water partition coefficient (Wildman–Crippen LogP) is 5.25. The third-order valence-electron chi connectivity index (χ3n) is 7.69. The van der Waals surface area contributed by atoms with Crippen molar-refractivity contribution in [2.24, 2.45) is 0 Å². The Labute approximate surface area is 252 Å². The molecule has 42 heavy (non-hydrogen) atoms. The highest BCUT2D eigenvalue weighted by atomic mass is 35.5. The van der Waals surface area contributed by atoms with E-state index in [9.17, 15) is 14.4 Å². The molecule has 0 radical (unpaired) electrons. The van der Waals surface area contributed by atoms with Crippen LogP contribution in [0.5, 0.6) is 17.2 Å². The van der Waals surface area contributed by atoms with Crippen molar-refractivity contribution < 1.29 is 33.3 Å². The van der Waals surface area contributed by atoms with Gasteiger partial charge in [-0.3, -0.25) is 14.5 Å². The Morgan fingerprint density at radius 3 is 2.45 bits per heavy atom. The summed E-state index contributed by atoms with van der Waals surface area (Å²) in [5.41, 5.74) is 1.33. The highest BCUT2D eigenvalue weighted by Crippen LogP contribution is 2.58. The van der Waals surface area contributed by atoms with Crippen LogP contribution in [-0.2, 0) is 19.9 Å². The summed E-state index contributed by atoms with van der Waals surface area (Å²) in [5, 5.41) is 3.53. The molecule has 1 N–H and O–H groups in total. The van der Waals surface area contributed by atoms with Crippen molar-refractivity contribution in [1.29, 1.82) is 0 Å². The van der Waals surface area contributed by atoms with Crippen LogP contribution >= 0.6 is 23.2 Å². The zero-order chi connectivity index (χ0) is 29.6. The van der Waals surface area contributed by atoms with Gasteiger partial charge in [-0.2, -0.15) is 0 Å². The lowest BCUT2D eigenvalue weighted by atomic mass is 9.77. The molecule has 1 unspecified atom stereocenters. The van der Waals surface area contributed by atoms with E-state index < -0.39 is 17.5 Å². The number of aryl methyl sites for hydroxylation is 1. The van der Waals surface area contributed by atoms with Crippen molar-refractivity contribution in [3.05, 3.63) is 85.9 Å². The quantitative estimate of drug-likeness (QED) is 0.229. The molecule has 1 spiro atoms. The molecule has 3 aromatic rings. The van der Waals surface area contributed by atoms with Crippen molar-refractivity contribution in [2.75, 3.05) is 39.4 Å². The second-order valence-electron chi connectivity index (χ2n) is 10.5. The van der Waals surface area contributed by atoms with Gasteiger partial charge in [0.25, 0.3) is 5.91 Å². The van der Waals surface area contributed by atoms with Gasteiger partial charge in [0.15, 0.2) is 11.4 Å². The number of esters is 2. The molecular weight excluding hydrogens is 583 g/mol. The molecule has 9 nitrogen and oxygen atoms in total. The molecule has 3 aromatic carbocycles. The number of morpholine rings is 1. The fraction of sp³-hybridized carbons (Fsp3) is 0.323. The Bertz CT molecular complexity index is 1620. The molecule has 3 heterocycles. The predicted molar refractivity (Wildman–Crippen MR) is 155 cm³/mol. The molecule has 3 aliphatic rings. The summed E-state index contributed by atoms with van der Waals surface area (Å²) in [4.78, 5) is 40.5. The zero-order valence-electron chi connectivity index (χ0n) is 23.1. The van der Waals surface area contributed by atoms with Gasteiger partial charge in [-0.15, -0.1) is 0 Å². The maximum absolute atomic E-state index is 13.5. The summed E-state index contributed by atoms with van der Waals surface area (Å²) in [7, 11) is 0. The molecule has 6 rings (SSSR count). The normalized spacial score (nSPS) is 18.9. The molecule has 11 heteroatoms. The Kier molecular flexibility index (Phi) is 7.61. The number of ether oxygens (including phenoxy) is 4. The maximum Gasteiger partial charge on any atom is 0.340 e. The van der Waals surface area contributed by atoms with Crippen LogP contribution in [0, 0.1) is 6.92 Å². The number of hydrogen-bond acceptors (Lipinski definition) is 8. The third-order valence-corrected chi connectivity index (χ3v) is 8.40. The Balaban J connectivity index is 1.35. The lowest BCUT2D eigenvalue weighted by Crippen LogP contribution is -2.38. The van der Waals surface area contributed by atoms with Gasteiger partial charge in [0.2, 0.25) is 0 Å². The van der Waals surface area contributed by atoms with Gasteiger partial charge in [0, 0.05) is 59.9 Å². The Morgan fingerprint density at radius 2 is 1.71 bits per heavy atom. The van der Waals surface area contributed by atoms with Crippen molar-refractivity contribution in [3.63, 3.8) is 0 Å². The zero-order valence-corrected chi connectivity index (χ0v) is 24.6. The average Bonchev–Trinajstić information content (AvgIpc) is 3.25. The van der Waals surface area contributed by atoms with Gasteiger partial charge in [-0.05, 0) is 55.8 Å². The second-order valence-corrected chi connectivity index (χ2v) is 11.3. The van der Waals surface area contributed by atoms with Crippen molar-refractivity contribution >= 4 is 41.0 Å². The number of fused-ring (bicyclic) bond motifs is 6. The number of nitrogens with one attached hydrogen (secondary N) is 1. The minimum atomic E-state index is -1.46. The average molecular weight is 611 g/mol. The molecule has 0 aromatic heterocycles. The first-order valence-corrected chi connectivity index (χ1v) is 14.4. The van der Waals surface area contributed by atoms with Crippen LogP contribution in [0.25, 0.3) is 0 Å². The summed E-state index contributed by atoms with van der Waals surface area (Å²) in [6.07, 6.45) is 0.797. The summed E-state index contributed by atoms with van der Waals surface area (Å²) < 4.78 is 23.1. The number of carbonyl (C=O) groups is 3. The minimum absolute atomic E-state index is 0.109. The van der Waals surface area contributed by atoms with Gasteiger partial charge in [-0.25, -0.2) is 4.79 Å². The maximum atomic E-state index is 13.5. The highest BCUT2D eigenvalue weighted by Gasteiger charge is 2.54. The van der Waals surface area contributed by atoms with E-state index in [1.54, 1.807) is 36.4 Å². The molecule has 3 aliphatic heterocycles. The SMILES string of the molecule is CC(=O)Oc1cc2c(cc1Cl)C1(OC(=O)c3cc(C(=O)NCCCN4CCOCC4)ccc31)c1cc(Cl)c(C)cc1O2. The second kappa shape index (κ2) is 11.2. The summed E-state index contributed by atoms with van der Waals surface area (Å²) in [6, 6.07) is 11.4. The van der Waals surface area contributed by atoms with Crippen LogP contribution in [-0.4, -0.2) is 62.1 Å². The van der Waals surface area contributed by atoms with E-state index in [-0.39, 0.29) is 22.2 Å². The van der Waals surface area contributed by atoms with Crippen LogP contribution in [0.1, 0.15) is 56.3 Å². The van der Waals surface area contributed by atoms with Crippen LogP contribution in [0.3, 0.4) is 0 Å². The molecule has 1 atom stereocenters. The third kappa shape index (κ3) is 5.00. The fourth-order valence-electron chi connectivity index (χ4n) is 5.65. The van der Waals surface area contributed by atoms with E-state index in [1.165, 1.54) is 13.0 Å². The van der Waals surface area contributed by atoms with E-state index in [1.807, 2.05) is 6.92 Å². The summed E-state index contributed by atoms with van der Waals surface area (Å²) in [6.45, 7) is 7.71. The lowest BCUT2D eigenvalue weighted by molar-refractivity contribution is -0.131. The first-order valence-electron chi connectivity index (χ1n) is 13.6. The largest absolute Gasteiger partial charge is 0.456 e. The molecule has 0 saturated carbocycles. The van der Waals surface area contributed by atoms with Gasteiger partial charge in [-0.1, -0.05) is 29.3 Å². The monoisotopic (exact) mass is 610 g/mol. The smallest absolute Gasteiger partial charge is 0.340 e. The van der Waals surface area contributed by atoms with Crippen LogP contribution in [0.15, 0.2) is 42.5 Å². The van der Waals surface area contributed by atoms with E-state index in [0.717, 1.165) is 44.8 Å². The number of carbonyl (C=O) groups excluding carboxylic acids is 3. The Hall–Kier alpha value is -3.63. The Morgan fingerprint density at radius 1 is 1.00 bits per heavy atom. The number of hydrogen-bond donors (Lipinski definition) is 1. The standard InChI is InChI=1S/C31H28Cl2N2O7/c1-17-12-26-22(14-24(17)32)31(23-15-25(33)28(40-18(2)36)16-27(23)41-26)21-5-4-19(13-20(21)30(38)42-31)29(37)34-6-3-7-35-8-10-39-11-9-35/h4-5,12-16H,3,6-11H2,1-2H3,(H,34,37). The number of halogens is 2. The molecule has 1 amide bonds. The van der Waals surface area contributed by atoms with Crippen LogP contribution < -0.4 is 14.8 Å². The van der Waals surface area contributed by atoms with Gasteiger partial charge in [0.1, 0.15) is 11.5 Å². The molecule has 1 fully saturated rings. The number of amides is 1. The lowest BCUT2D eigenvalue weighted by Gasteiger charge is -2.37. The van der Waals surface area contributed by atoms with Crippen molar-refractivity contribution in [3.8, 4) is 17.2 Å².